The molecule has 4 heteroatoms. The first kappa shape index (κ1) is 15.5. The smallest absolute Gasteiger partial charge is 0.254 e. The molecule has 2 N–H and O–H groups in total. The number of nitrogens with two attached hydrogens (primary N) is 1. The quantitative estimate of drug-likeness (QED) is 0.924. The average Bonchev–Trinajstić information content (AvgIpc) is 2.71. The van der Waals surface area contributed by atoms with Gasteiger partial charge in [-0.1, -0.05) is 25.1 Å². The Morgan fingerprint density at radius 3 is 2.71 bits per heavy atom. The molecule has 1 aromatic rings. The summed E-state index contributed by atoms with van der Waals surface area (Å²) < 4.78 is 0. The number of carbonyl (C=O) groups is 2. The lowest BCUT2D eigenvalue weighted by molar-refractivity contribution is -0.119. The third-order valence-electron chi connectivity index (χ3n) is 4.25. The SMILES string of the molecule is CCc1ccccc1C(=O)N1CCC[C@@H](CC(N)=O)CC1. The van der Waals surface area contributed by atoms with E-state index in [1.807, 2.05) is 29.2 Å². The molecule has 1 atom stereocenters. The summed E-state index contributed by atoms with van der Waals surface area (Å²) >= 11 is 0. The first-order valence-corrected chi connectivity index (χ1v) is 7.77. The first-order chi connectivity index (χ1) is 10.1. The number of nitrogens with zero attached hydrogens (tertiary/aromatic N) is 1. The van der Waals surface area contributed by atoms with Gasteiger partial charge in [-0.2, -0.15) is 0 Å². The third kappa shape index (κ3) is 4.06. The van der Waals surface area contributed by atoms with Crippen molar-refractivity contribution in [3.05, 3.63) is 35.4 Å². The van der Waals surface area contributed by atoms with Crippen molar-refractivity contribution in [2.45, 2.75) is 39.0 Å². The summed E-state index contributed by atoms with van der Waals surface area (Å²) in [4.78, 5) is 25.7. The van der Waals surface area contributed by atoms with Gasteiger partial charge in [0.1, 0.15) is 0 Å². The van der Waals surface area contributed by atoms with E-state index in [2.05, 4.69) is 6.92 Å². The van der Waals surface area contributed by atoms with Crippen LogP contribution in [-0.4, -0.2) is 29.8 Å². The molecule has 1 saturated heterocycles. The lowest BCUT2D eigenvalue weighted by Gasteiger charge is -2.22. The van der Waals surface area contributed by atoms with E-state index >= 15 is 0 Å². The maximum absolute atomic E-state index is 12.7. The number of benzene rings is 1. The van der Waals surface area contributed by atoms with Crippen LogP contribution in [0.25, 0.3) is 0 Å². The summed E-state index contributed by atoms with van der Waals surface area (Å²) in [5.41, 5.74) is 7.19. The highest BCUT2D eigenvalue weighted by atomic mass is 16.2. The second-order valence-corrected chi connectivity index (χ2v) is 5.77. The summed E-state index contributed by atoms with van der Waals surface area (Å²) in [5.74, 6) is 0.199. The molecule has 1 aromatic carbocycles. The van der Waals surface area contributed by atoms with Crippen molar-refractivity contribution in [2.24, 2.45) is 11.7 Å². The molecule has 4 nitrogen and oxygen atoms in total. The van der Waals surface area contributed by atoms with Gasteiger partial charge in [0.15, 0.2) is 0 Å². The van der Waals surface area contributed by atoms with Gasteiger partial charge in [-0.25, -0.2) is 0 Å². The fraction of sp³-hybridized carbons (Fsp3) is 0.529. The number of rotatable bonds is 4. The van der Waals surface area contributed by atoms with Crippen LogP contribution in [0.15, 0.2) is 24.3 Å². The van der Waals surface area contributed by atoms with Gasteiger partial charge in [0.05, 0.1) is 0 Å². The molecular formula is C17H24N2O2. The van der Waals surface area contributed by atoms with E-state index in [0.717, 1.165) is 49.9 Å². The van der Waals surface area contributed by atoms with E-state index in [9.17, 15) is 9.59 Å². The second kappa shape index (κ2) is 7.25. The number of hydrogen-bond acceptors (Lipinski definition) is 2. The summed E-state index contributed by atoms with van der Waals surface area (Å²) in [7, 11) is 0. The number of carbonyl (C=O) groups excluding carboxylic acids is 2. The van der Waals surface area contributed by atoms with Crippen LogP contribution in [0.1, 0.15) is 48.5 Å². The van der Waals surface area contributed by atoms with Crippen LogP contribution in [0, 0.1) is 5.92 Å². The van der Waals surface area contributed by atoms with Crippen molar-refractivity contribution in [2.75, 3.05) is 13.1 Å². The van der Waals surface area contributed by atoms with Crippen LogP contribution >= 0.6 is 0 Å². The Labute approximate surface area is 126 Å². The number of likely N-dealkylation sites (tertiary alicyclic amines) is 1. The molecule has 0 saturated carbocycles. The maximum Gasteiger partial charge on any atom is 0.254 e. The minimum Gasteiger partial charge on any atom is -0.370 e. The van der Waals surface area contributed by atoms with Gasteiger partial charge < -0.3 is 10.6 Å². The van der Waals surface area contributed by atoms with Crippen LogP contribution < -0.4 is 5.73 Å². The van der Waals surface area contributed by atoms with Crippen LogP contribution in [0.5, 0.6) is 0 Å². The van der Waals surface area contributed by atoms with E-state index in [0.29, 0.717) is 12.3 Å². The van der Waals surface area contributed by atoms with Gasteiger partial charge >= 0.3 is 0 Å². The Bertz CT molecular complexity index is 513. The fourth-order valence-corrected chi connectivity index (χ4v) is 3.06. The molecule has 2 amide bonds. The van der Waals surface area contributed by atoms with E-state index in [1.54, 1.807) is 0 Å². The van der Waals surface area contributed by atoms with Crippen molar-refractivity contribution >= 4 is 11.8 Å². The lowest BCUT2D eigenvalue weighted by Crippen LogP contribution is -2.32. The third-order valence-corrected chi connectivity index (χ3v) is 4.25. The maximum atomic E-state index is 12.7. The largest absolute Gasteiger partial charge is 0.370 e. The Kier molecular flexibility index (Phi) is 5.37. The van der Waals surface area contributed by atoms with Crippen LogP contribution in [0.2, 0.25) is 0 Å². The summed E-state index contributed by atoms with van der Waals surface area (Å²) in [6.07, 6.45) is 4.08. The van der Waals surface area contributed by atoms with E-state index in [-0.39, 0.29) is 11.8 Å². The highest BCUT2D eigenvalue weighted by Crippen LogP contribution is 2.22. The van der Waals surface area contributed by atoms with Gasteiger partial charge in [-0.15, -0.1) is 0 Å². The molecule has 2 rings (SSSR count). The van der Waals surface area contributed by atoms with Crippen molar-refractivity contribution in [1.29, 1.82) is 0 Å². The molecule has 1 aliphatic rings. The van der Waals surface area contributed by atoms with Crippen LogP contribution in [0.4, 0.5) is 0 Å². The van der Waals surface area contributed by atoms with Crippen molar-refractivity contribution in [3.63, 3.8) is 0 Å². The number of amides is 2. The topological polar surface area (TPSA) is 63.4 Å². The highest BCUT2D eigenvalue weighted by molar-refractivity contribution is 5.95. The highest BCUT2D eigenvalue weighted by Gasteiger charge is 2.23. The molecule has 1 aliphatic heterocycles. The fourth-order valence-electron chi connectivity index (χ4n) is 3.06. The molecule has 0 bridgehead atoms. The molecule has 0 radical (unpaired) electrons. The van der Waals surface area contributed by atoms with Gasteiger partial charge in [-0.05, 0) is 43.2 Å². The minimum absolute atomic E-state index is 0.118. The Morgan fingerprint density at radius 1 is 1.24 bits per heavy atom. The Hall–Kier alpha value is -1.84. The molecule has 1 fully saturated rings. The van der Waals surface area contributed by atoms with E-state index in [4.69, 9.17) is 5.73 Å². The average molecular weight is 288 g/mol. The predicted octanol–water partition coefficient (Wildman–Crippen LogP) is 2.37. The Balaban J connectivity index is 2.05. The summed E-state index contributed by atoms with van der Waals surface area (Å²) in [5, 5.41) is 0. The zero-order chi connectivity index (χ0) is 15.2. The molecule has 0 spiro atoms. The second-order valence-electron chi connectivity index (χ2n) is 5.77. The summed E-state index contributed by atoms with van der Waals surface area (Å²) in [6.45, 7) is 3.55. The standard InChI is InChI=1S/C17H24N2O2/c1-2-14-7-3-4-8-15(14)17(21)19-10-5-6-13(9-11-19)12-16(18)20/h3-4,7-8,13H,2,5-6,9-12H2,1H3,(H2,18,20)/t13-/m1/s1. The van der Waals surface area contributed by atoms with Crippen LogP contribution in [-0.2, 0) is 11.2 Å². The van der Waals surface area contributed by atoms with E-state index < -0.39 is 0 Å². The molecule has 0 aliphatic carbocycles. The molecule has 0 aromatic heterocycles. The number of aryl methyl sites for hydroxylation is 1. The lowest BCUT2D eigenvalue weighted by atomic mass is 9.97. The van der Waals surface area contributed by atoms with Crippen LogP contribution in [0.3, 0.4) is 0 Å². The Morgan fingerprint density at radius 2 is 2.00 bits per heavy atom. The first-order valence-electron chi connectivity index (χ1n) is 7.77. The van der Waals surface area contributed by atoms with Gasteiger partial charge in [-0.3, -0.25) is 9.59 Å². The molecule has 0 unspecified atom stereocenters. The van der Waals surface area contributed by atoms with Crippen molar-refractivity contribution in [3.8, 4) is 0 Å². The molecule has 21 heavy (non-hydrogen) atoms. The zero-order valence-corrected chi connectivity index (χ0v) is 12.7. The van der Waals surface area contributed by atoms with Crippen molar-refractivity contribution in [1.82, 2.24) is 4.90 Å². The predicted molar refractivity (Wildman–Crippen MR) is 82.9 cm³/mol. The minimum atomic E-state index is -0.240. The summed E-state index contributed by atoms with van der Waals surface area (Å²) in [6, 6.07) is 7.81. The van der Waals surface area contributed by atoms with Gasteiger partial charge in [0.2, 0.25) is 5.91 Å². The molecule has 114 valence electrons. The molecular weight excluding hydrogens is 264 g/mol. The normalized spacial score (nSPS) is 19.1. The number of hydrogen-bond donors (Lipinski definition) is 1. The monoisotopic (exact) mass is 288 g/mol. The molecule has 1 heterocycles. The van der Waals surface area contributed by atoms with E-state index in [1.165, 1.54) is 0 Å². The number of primary amides is 1. The van der Waals surface area contributed by atoms with Gasteiger partial charge in [0.25, 0.3) is 5.91 Å². The zero-order valence-electron chi connectivity index (χ0n) is 12.7. The van der Waals surface area contributed by atoms with Crippen molar-refractivity contribution < 1.29 is 9.59 Å². The van der Waals surface area contributed by atoms with Gasteiger partial charge in [0, 0.05) is 25.1 Å².